The maximum absolute atomic E-state index is 12.4. The minimum absolute atomic E-state index is 0.110. The van der Waals surface area contributed by atoms with Gasteiger partial charge in [0.2, 0.25) is 5.91 Å². The molecule has 1 aliphatic carbocycles. The van der Waals surface area contributed by atoms with Gasteiger partial charge in [0.1, 0.15) is 0 Å². The Morgan fingerprint density at radius 1 is 1.14 bits per heavy atom. The standard InChI is InChI=1S/C16H20N4O/c17-12-18-14-10-13(11-14)16(21)20-8-6-19(7-9-20)15-4-2-1-3-5-15/h1-5,13-14,18H,6-11H2. The predicted molar refractivity (Wildman–Crippen MR) is 80.5 cm³/mol. The summed E-state index contributed by atoms with van der Waals surface area (Å²) in [5, 5.41) is 11.3. The van der Waals surface area contributed by atoms with Gasteiger partial charge in [-0.25, -0.2) is 0 Å². The summed E-state index contributed by atoms with van der Waals surface area (Å²) in [7, 11) is 0. The molecule has 0 spiro atoms. The van der Waals surface area contributed by atoms with Gasteiger partial charge in [-0.05, 0) is 25.0 Å². The molecule has 0 aromatic heterocycles. The highest BCUT2D eigenvalue weighted by atomic mass is 16.2. The van der Waals surface area contributed by atoms with Crippen molar-refractivity contribution in [3.63, 3.8) is 0 Å². The number of benzene rings is 1. The van der Waals surface area contributed by atoms with Gasteiger partial charge in [-0.2, -0.15) is 5.26 Å². The van der Waals surface area contributed by atoms with E-state index in [0.29, 0.717) is 0 Å². The van der Waals surface area contributed by atoms with Gasteiger partial charge in [-0.3, -0.25) is 4.79 Å². The van der Waals surface area contributed by atoms with Crippen LogP contribution < -0.4 is 10.2 Å². The fraction of sp³-hybridized carbons (Fsp3) is 0.500. The summed E-state index contributed by atoms with van der Waals surface area (Å²) in [6, 6.07) is 10.5. The Morgan fingerprint density at radius 3 is 2.43 bits per heavy atom. The first-order valence-electron chi connectivity index (χ1n) is 7.51. The fourth-order valence-corrected chi connectivity index (χ4v) is 3.11. The summed E-state index contributed by atoms with van der Waals surface area (Å²) >= 11 is 0. The molecular weight excluding hydrogens is 264 g/mol. The summed E-state index contributed by atoms with van der Waals surface area (Å²) in [6.45, 7) is 3.37. The molecule has 1 aromatic carbocycles. The van der Waals surface area contributed by atoms with E-state index in [1.54, 1.807) is 0 Å². The van der Waals surface area contributed by atoms with Crippen molar-refractivity contribution in [1.82, 2.24) is 10.2 Å². The highest BCUT2D eigenvalue weighted by molar-refractivity contribution is 5.80. The lowest BCUT2D eigenvalue weighted by atomic mass is 9.79. The number of carbonyl (C=O) groups excluding carboxylic acids is 1. The number of carbonyl (C=O) groups is 1. The van der Waals surface area contributed by atoms with Gasteiger partial charge in [0.15, 0.2) is 6.19 Å². The van der Waals surface area contributed by atoms with Crippen molar-refractivity contribution in [3.05, 3.63) is 30.3 Å². The van der Waals surface area contributed by atoms with Gasteiger partial charge in [-0.1, -0.05) is 18.2 Å². The quantitative estimate of drug-likeness (QED) is 0.669. The van der Waals surface area contributed by atoms with Crippen molar-refractivity contribution in [1.29, 1.82) is 5.26 Å². The Bertz CT molecular complexity index is 525. The maximum Gasteiger partial charge on any atom is 0.225 e. The highest BCUT2D eigenvalue weighted by Gasteiger charge is 2.37. The average Bonchev–Trinajstić information content (AvgIpc) is 2.51. The molecule has 1 amide bonds. The topological polar surface area (TPSA) is 59.4 Å². The molecule has 5 nitrogen and oxygen atoms in total. The predicted octanol–water partition coefficient (Wildman–Crippen LogP) is 1.18. The second-order valence-electron chi connectivity index (χ2n) is 5.77. The first kappa shape index (κ1) is 13.7. The van der Waals surface area contributed by atoms with E-state index in [0.717, 1.165) is 39.0 Å². The third-order valence-corrected chi connectivity index (χ3v) is 4.47. The molecule has 5 heteroatoms. The lowest BCUT2D eigenvalue weighted by Crippen LogP contribution is -2.53. The largest absolute Gasteiger partial charge is 0.368 e. The molecule has 2 aliphatic rings. The van der Waals surface area contributed by atoms with Gasteiger partial charge >= 0.3 is 0 Å². The number of hydrogen-bond donors (Lipinski definition) is 1. The summed E-state index contributed by atoms with van der Waals surface area (Å²) in [6.07, 6.45) is 3.54. The van der Waals surface area contributed by atoms with Crippen molar-refractivity contribution < 1.29 is 4.79 Å². The van der Waals surface area contributed by atoms with Crippen LogP contribution in [-0.2, 0) is 4.79 Å². The van der Waals surface area contributed by atoms with Crippen molar-refractivity contribution in [2.45, 2.75) is 18.9 Å². The Morgan fingerprint density at radius 2 is 1.81 bits per heavy atom. The number of amides is 1. The first-order valence-corrected chi connectivity index (χ1v) is 7.51. The first-order chi connectivity index (χ1) is 10.3. The number of hydrogen-bond acceptors (Lipinski definition) is 4. The zero-order chi connectivity index (χ0) is 14.7. The lowest BCUT2D eigenvalue weighted by Gasteiger charge is -2.41. The van der Waals surface area contributed by atoms with Gasteiger partial charge in [-0.15, -0.1) is 0 Å². The molecule has 1 aromatic rings. The summed E-state index contributed by atoms with van der Waals surface area (Å²) in [5.74, 6) is 0.373. The van der Waals surface area contributed by atoms with Gasteiger partial charge in [0.05, 0.1) is 0 Å². The molecule has 0 radical (unpaired) electrons. The molecule has 1 heterocycles. The van der Waals surface area contributed by atoms with E-state index >= 15 is 0 Å². The molecule has 110 valence electrons. The summed E-state index contributed by atoms with van der Waals surface area (Å²) in [5.41, 5.74) is 1.23. The van der Waals surface area contributed by atoms with Crippen LogP contribution in [0.1, 0.15) is 12.8 Å². The van der Waals surface area contributed by atoms with Gasteiger partial charge in [0, 0.05) is 43.8 Å². The molecule has 1 saturated heterocycles. The number of para-hydroxylation sites is 1. The van der Waals surface area contributed by atoms with Crippen molar-refractivity contribution in [2.24, 2.45) is 5.92 Å². The van der Waals surface area contributed by atoms with Crippen molar-refractivity contribution in [2.75, 3.05) is 31.1 Å². The van der Waals surface area contributed by atoms with Gasteiger partial charge in [0.25, 0.3) is 0 Å². The number of anilines is 1. The van der Waals surface area contributed by atoms with Crippen LogP contribution in [0.3, 0.4) is 0 Å². The maximum atomic E-state index is 12.4. The van der Waals surface area contributed by atoms with Gasteiger partial charge < -0.3 is 15.1 Å². The van der Waals surface area contributed by atoms with E-state index in [4.69, 9.17) is 5.26 Å². The third kappa shape index (κ3) is 2.94. The number of piperazine rings is 1. The Kier molecular flexibility index (Phi) is 3.96. The van der Waals surface area contributed by atoms with Crippen LogP contribution in [0.15, 0.2) is 30.3 Å². The van der Waals surface area contributed by atoms with Crippen LogP contribution in [0.25, 0.3) is 0 Å². The molecule has 2 fully saturated rings. The second kappa shape index (κ2) is 6.04. The Labute approximate surface area is 125 Å². The van der Waals surface area contributed by atoms with Crippen LogP contribution in [0.5, 0.6) is 0 Å². The van der Waals surface area contributed by atoms with E-state index in [2.05, 4.69) is 22.3 Å². The molecule has 1 aliphatic heterocycles. The molecule has 1 N–H and O–H groups in total. The number of nitrogens with zero attached hydrogens (tertiary/aromatic N) is 3. The minimum Gasteiger partial charge on any atom is -0.368 e. The third-order valence-electron chi connectivity index (χ3n) is 4.47. The monoisotopic (exact) mass is 284 g/mol. The molecular formula is C16H20N4O. The van der Waals surface area contributed by atoms with Crippen LogP contribution in [-0.4, -0.2) is 43.0 Å². The van der Waals surface area contributed by atoms with E-state index in [9.17, 15) is 4.79 Å². The number of nitrogens with one attached hydrogen (secondary N) is 1. The SMILES string of the molecule is N#CNC1CC(C(=O)N2CCN(c3ccccc3)CC2)C1. The number of nitriles is 1. The molecule has 0 unspecified atom stereocenters. The molecule has 0 atom stereocenters. The fourth-order valence-electron chi connectivity index (χ4n) is 3.11. The Balaban J connectivity index is 1.48. The molecule has 21 heavy (non-hydrogen) atoms. The van der Waals surface area contributed by atoms with Crippen LogP contribution >= 0.6 is 0 Å². The van der Waals surface area contributed by atoms with Crippen LogP contribution in [0.2, 0.25) is 0 Å². The second-order valence-corrected chi connectivity index (χ2v) is 5.77. The molecule has 1 saturated carbocycles. The normalized spacial score (nSPS) is 24.9. The lowest BCUT2D eigenvalue weighted by molar-refractivity contribution is -0.139. The van der Waals surface area contributed by atoms with Crippen molar-refractivity contribution in [3.8, 4) is 6.19 Å². The highest BCUT2D eigenvalue weighted by Crippen LogP contribution is 2.29. The zero-order valence-corrected chi connectivity index (χ0v) is 12.0. The minimum atomic E-state index is 0.110. The van der Waals surface area contributed by atoms with E-state index in [-0.39, 0.29) is 17.9 Å². The van der Waals surface area contributed by atoms with Crippen LogP contribution in [0, 0.1) is 17.4 Å². The van der Waals surface area contributed by atoms with E-state index < -0.39 is 0 Å². The zero-order valence-electron chi connectivity index (χ0n) is 12.0. The molecule has 0 bridgehead atoms. The average molecular weight is 284 g/mol. The number of rotatable bonds is 3. The van der Waals surface area contributed by atoms with Crippen LogP contribution in [0.4, 0.5) is 5.69 Å². The summed E-state index contributed by atoms with van der Waals surface area (Å²) in [4.78, 5) is 16.7. The Hall–Kier alpha value is -2.22. The van der Waals surface area contributed by atoms with E-state index in [1.165, 1.54) is 5.69 Å². The molecule has 3 rings (SSSR count). The smallest absolute Gasteiger partial charge is 0.225 e. The van der Waals surface area contributed by atoms with E-state index in [1.807, 2.05) is 29.3 Å². The van der Waals surface area contributed by atoms with Crippen molar-refractivity contribution >= 4 is 11.6 Å². The summed E-state index contributed by atoms with van der Waals surface area (Å²) < 4.78 is 0.